The predicted octanol–water partition coefficient (Wildman–Crippen LogP) is 12.4. The number of rotatable bonds is 8. The highest BCUT2D eigenvalue weighted by atomic mass is 16.3. The number of nitrogens with zero attached hydrogens (tertiary/aromatic N) is 2. The fourth-order valence-electron chi connectivity index (χ4n) is 9.56. The first-order chi connectivity index (χ1) is 29.6. The Morgan fingerprint density at radius 1 is 0.267 bits per heavy atom. The summed E-state index contributed by atoms with van der Waals surface area (Å²) in [7, 11) is 0. The van der Waals surface area contributed by atoms with Crippen molar-refractivity contribution in [1.29, 1.82) is 0 Å². The van der Waals surface area contributed by atoms with Crippen LogP contribution in [0.15, 0.2) is 231 Å². The lowest BCUT2D eigenvalue weighted by molar-refractivity contribution is 0.121. The molecular weight excluding hydrogens is 733 g/mol. The van der Waals surface area contributed by atoms with Gasteiger partial charge in [0.15, 0.2) is 0 Å². The van der Waals surface area contributed by atoms with Crippen molar-refractivity contribution in [1.82, 2.24) is 9.13 Å². The number of benzene rings is 9. The summed E-state index contributed by atoms with van der Waals surface area (Å²) in [6, 6.07) is 77.8. The molecular formula is C56H40N2O2. The highest BCUT2D eigenvalue weighted by molar-refractivity contribution is 6.10. The van der Waals surface area contributed by atoms with Gasteiger partial charge in [-0.25, -0.2) is 0 Å². The quantitative estimate of drug-likeness (QED) is 0.151. The third kappa shape index (κ3) is 5.32. The van der Waals surface area contributed by atoms with E-state index < -0.39 is 11.2 Å². The number of fused-ring (bicyclic) bond motifs is 6. The Morgan fingerprint density at radius 3 is 0.733 bits per heavy atom. The lowest BCUT2D eigenvalue weighted by Crippen LogP contribution is -2.34. The standard InChI is InChI=1S/C56H40N2O2/c59-55(39-21-5-1-6-22-39,40-23-7-2-8-24-40)47-37-54(58-51-35-19-15-31-45(51)46-32-16-20-36-52(46)58)48(56(60,41-25-9-3-10-26-41)42-27-11-4-12-28-42)38-53(47)57-49-33-17-13-29-43(49)44-30-14-18-34-50(44)57/h1-38,59-60H. The molecule has 0 atom stereocenters. The molecule has 286 valence electrons. The Morgan fingerprint density at radius 2 is 0.483 bits per heavy atom. The minimum absolute atomic E-state index is 0.662. The minimum Gasteiger partial charge on any atom is -0.376 e. The van der Waals surface area contributed by atoms with E-state index in [1.54, 1.807) is 0 Å². The number of aliphatic hydroxyl groups is 2. The van der Waals surface area contributed by atoms with Crippen LogP contribution in [0.25, 0.3) is 55.0 Å². The summed E-state index contributed by atoms with van der Waals surface area (Å²) in [5.74, 6) is 0. The summed E-state index contributed by atoms with van der Waals surface area (Å²) >= 11 is 0. The van der Waals surface area contributed by atoms with Gasteiger partial charge >= 0.3 is 0 Å². The van der Waals surface area contributed by atoms with Gasteiger partial charge in [-0.15, -0.1) is 0 Å². The second kappa shape index (κ2) is 14.1. The van der Waals surface area contributed by atoms with Gasteiger partial charge in [0.05, 0.1) is 33.4 Å². The molecule has 0 aliphatic carbocycles. The SMILES string of the molecule is OC(c1ccccc1)(c1ccccc1)c1cc(-n2c3ccccc3c3ccccc32)c(C(O)(c2ccccc2)c2ccccc2)cc1-n1c2ccccc2c2ccccc21. The van der Waals surface area contributed by atoms with Crippen LogP contribution in [0.2, 0.25) is 0 Å². The Labute approximate surface area is 348 Å². The average Bonchev–Trinajstić information content (AvgIpc) is 3.85. The van der Waals surface area contributed by atoms with E-state index in [-0.39, 0.29) is 0 Å². The summed E-state index contributed by atoms with van der Waals surface area (Å²) in [6.07, 6.45) is 0. The number of para-hydroxylation sites is 4. The molecule has 9 aromatic carbocycles. The highest BCUT2D eigenvalue weighted by Crippen LogP contribution is 2.49. The molecule has 0 radical (unpaired) electrons. The van der Waals surface area contributed by atoms with Crippen LogP contribution in [-0.4, -0.2) is 19.3 Å². The molecule has 2 heterocycles. The molecule has 0 unspecified atom stereocenters. The van der Waals surface area contributed by atoms with Crippen molar-refractivity contribution in [2.24, 2.45) is 0 Å². The van der Waals surface area contributed by atoms with Crippen molar-refractivity contribution in [3.8, 4) is 11.4 Å². The minimum atomic E-state index is -1.66. The van der Waals surface area contributed by atoms with Gasteiger partial charge in [0.1, 0.15) is 11.2 Å². The lowest BCUT2D eigenvalue weighted by Gasteiger charge is -2.37. The summed E-state index contributed by atoms with van der Waals surface area (Å²) in [5, 5.41) is 32.5. The maximum absolute atomic E-state index is 14.0. The van der Waals surface area contributed by atoms with Crippen LogP contribution >= 0.6 is 0 Å². The molecule has 0 aliphatic heterocycles. The van der Waals surface area contributed by atoms with Crippen molar-refractivity contribution < 1.29 is 10.2 Å². The molecule has 0 spiro atoms. The summed E-state index contributed by atoms with van der Waals surface area (Å²) in [6.45, 7) is 0. The van der Waals surface area contributed by atoms with Gasteiger partial charge in [-0.1, -0.05) is 194 Å². The zero-order valence-electron chi connectivity index (χ0n) is 32.7. The molecule has 11 rings (SSSR count). The summed E-state index contributed by atoms with van der Waals surface area (Å²) < 4.78 is 4.54. The summed E-state index contributed by atoms with van der Waals surface area (Å²) in [5.41, 5.74) is 6.34. The van der Waals surface area contributed by atoms with Crippen molar-refractivity contribution in [3.63, 3.8) is 0 Å². The van der Waals surface area contributed by atoms with E-state index in [1.165, 1.54) is 0 Å². The first-order valence-electron chi connectivity index (χ1n) is 20.4. The van der Waals surface area contributed by atoms with Crippen LogP contribution in [0.1, 0.15) is 33.4 Å². The molecule has 0 bridgehead atoms. The average molecular weight is 773 g/mol. The zero-order valence-corrected chi connectivity index (χ0v) is 32.7. The maximum Gasteiger partial charge on any atom is 0.142 e. The Bertz CT molecular complexity index is 2920. The second-order valence-electron chi connectivity index (χ2n) is 15.5. The topological polar surface area (TPSA) is 50.3 Å². The molecule has 11 aromatic rings. The van der Waals surface area contributed by atoms with Crippen LogP contribution in [0.4, 0.5) is 0 Å². The molecule has 0 aliphatic rings. The molecule has 4 heteroatoms. The van der Waals surface area contributed by atoms with Crippen molar-refractivity contribution in [3.05, 3.63) is 264 Å². The van der Waals surface area contributed by atoms with Gasteiger partial charge in [-0.05, 0) is 58.7 Å². The molecule has 2 N–H and O–H groups in total. The first kappa shape index (κ1) is 35.6. The van der Waals surface area contributed by atoms with Gasteiger partial charge in [-0.3, -0.25) is 0 Å². The van der Waals surface area contributed by atoms with E-state index in [0.717, 1.165) is 77.2 Å². The number of hydrogen-bond acceptors (Lipinski definition) is 2. The van der Waals surface area contributed by atoms with Crippen molar-refractivity contribution >= 4 is 43.6 Å². The third-order valence-corrected chi connectivity index (χ3v) is 12.3. The van der Waals surface area contributed by atoms with E-state index in [1.807, 2.05) is 121 Å². The van der Waals surface area contributed by atoms with E-state index in [9.17, 15) is 10.2 Å². The summed E-state index contributed by atoms with van der Waals surface area (Å²) in [4.78, 5) is 0. The predicted molar refractivity (Wildman–Crippen MR) is 245 cm³/mol. The third-order valence-electron chi connectivity index (χ3n) is 12.3. The van der Waals surface area contributed by atoms with Gasteiger partial charge in [0.25, 0.3) is 0 Å². The van der Waals surface area contributed by atoms with E-state index >= 15 is 0 Å². The molecule has 0 amide bonds. The monoisotopic (exact) mass is 772 g/mol. The first-order valence-corrected chi connectivity index (χ1v) is 20.4. The van der Waals surface area contributed by atoms with Crippen molar-refractivity contribution in [2.45, 2.75) is 11.2 Å². The lowest BCUT2D eigenvalue weighted by atomic mass is 9.75. The highest BCUT2D eigenvalue weighted by Gasteiger charge is 2.42. The fourth-order valence-corrected chi connectivity index (χ4v) is 9.56. The normalized spacial score (nSPS) is 12.2. The molecule has 2 aromatic heterocycles. The maximum atomic E-state index is 14.0. The molecule has 60 heavy (non-hydrogen) atoms. The molecule has 4 nitrogen and oxygen atoms in total. The Balaban J connectivity index is 1.40. The van der Waals surface area contributed by atoms with Gasteiger partial charge < -0.3 is 19.3 Å². The van der Waals surface area contributed by atoms with E-state index in [4.69, 9.17) is 0 Å². The second-order valence-corrected chi connectivity index (χ2v) is 15.5. The van der Waals surface area contributed by atoms with Crippen LogP contribution in [0.3, 0.4) is 0 Å². The fraction of sp³-hybridized carbons (Fsp3) is 0.0357. The number of hydrogen-bond donors (Lipinski definition) is 2. The largest absolute Gasteiger partial charge is 0.376 e. The van der Waals surface area contributed by atoms with Crippen molar-refractivity contribution in [2.75, 3.05) is 0 Å². The smallest absolute Gasteiger partial charge is 0.142 e. The van der Waals surface area contributed by atoms with Gasteiger partial charge in [-0.2, -0.15) is 0 Å². The Kier molecular flexibility index (Phi) is 8.38. The zero-order chi connectivity index (χ0) is 40.3. The number of aromatic nitrogens is 2. The molecule has 0 fully saturated rings. The van der Waals surface area contributed by atoms with E-state index in [2.05, 4.69) is 118 Å². The molecule has 0 saturated carbocycles. The van der Waals surface area contributed by atoms with Crippen LogP contribution in [-0.2, 0) is 11.2 Å². The van der Waals surface area contributed by atoms with Crippen LogP contribution in [0.5, 0.6) is 0 Å². The van der Waals surface area contributed by atoms with Gasteiger partial charge in [0, 0.05) is 32.7 Å². The van der Waals surface area contributed by atoms with Crippen LogP contribution in [0, 0.1) is 0 Å². The Hall–Kier alpha value is -7.50. The molecule has 0 saturated heterocycles. The van der Waals surface area contributed by atoms with Crippen LogP contribution < -0.4 is 0 Å². The van der Waals surface area contributed by atoms with Gasteiger partial charge in [0.2, 0.25) is 0 Å². The van der Waals surface area contributed by atoms with E-state index in [0.29, 0.717) is 11.1 Å².